The summed E-state index contributed by atoms with van der Waals surface area (Å²) < 4.78 is 0. The normalized spacial score (nSPS) is 20.2. The van der Waals surface area contributed by atoms with Gasteiger partial charge in [-0.15, -0.1) is 0 Å². The summed E-state index contributed by atoms with van der Waals surface area (Å²) in [7, 11) is 1.74. The van der Waals surface area contributed by atoms with Gasteiger partial charge >= 0.3 is 0 Å². The summed E-state index contributed by atoms with van der Waals surface area (Å²) in [6, 6.07) is 8.09. The van der Waals surface area contributed by atoms with Crippen LogP contribution in [0.5, 0.6) is 0 Å². The van der Waals surface area contributed by atoms with Crippen molar-refractivity contribution in [1.29, 1.82) is 0 Å². The number of carbonyl (C=O) groups is 3. The number of nitrogens with zero attached hydrogens (tertiary/aromatic N) is 1. The van der Waals surface area contributed by atoms with Crippen molar-refractivity contribution in [1.82, 2.24) is 16.0 Å². The summed E-state index contributed by atoms with van der Waals surface area (Å²) in [5, 5.41) is 8.92. The summed E-state index contributed by atoms with van der Waals surface area (Å²) in [6.45, 7) is 0.398. The summed E-state index contributed by atoms with van der Waals surface area (Å²) in [6.07, 6.45) is 5.02. The number of likely N-dealkylation sites (N-methyl/N-ethyl adjacent to an activating group) is 1. The highest BCUT2D eigenvalue weighted by molar-refractivity contribution is 5.86. The third kappa shape index (κ3) is 7.67. The van der Waals surface area contributed by atoms with Crippen LogP contribution in [0, 0.1) is 5.92 Å². The zero-order chi connectivity index (χ0) is 22.6. The zero-order valence-electron chi connectivity index (χ0n) is 18.0. The molecule has 9 heteroatoms. The zero-order valence-corrected chi connectivity index (χ0v) is 18.0. The van der Waals surface area contributed by atoms with E-state index in [1.165, 1.54) is 0 Å². The first-order chi connectivity index (χ1) is 15.0. The number of hydrogen-bond donors (Lipinski definition) is 5. The van der Waals surface area contributed by atoms with Crippen LogP contribution in [0.3, 0.4) is 0 Å². The van der Waals surface area contributed by atoms with Gasteiger partial charge in [-0.3, -0.25) is 14.6 Å². The van der Waals surface area contributed by atoms with E-state index in [2.05, 4.69) is 20.9 Å². The van der Waals surface area contributed by atoms with E-state index in [4.69, 9.17) is 11.5 Å². The van der Waals surface area contributed by atoms with Gasteiger partial charge in [0.2, 0.25) is 11.8 Å². The highest BCUT2D eigenvalue weighted by atomic mass is 16.2. The molecule has 2 amide bonds. The number of benzene rings is 1. The molecule has 0 bridgehead atoms. The average Bonchev–Trinajstić information content (AvgIpc) is 2.77. The molecule has 1 unspecified atom stereocenters. The molecule has 1 aromatic carbocycles. The first-order valence-corrected chi connectivity index (χ1v) is 10.8. The Morgan fingerprint density at radius 3 is 2.55 bits per heavy atom. The van der Waals surface area contributed by atoms with Crippen molar-refractivity contribution in [3.63, 3.8) is 0 Å². The van der Waals surface area contributed by atoms with Crippen LogP contribution in [0.15, 0.2) is 35.3 Å². The second kappa shape index (κ2) is 12.7. The number of rotatable bonds is 11. The van der Waals surface area contributed by atoms with Crippen LogP contribution < -0.4 is 27.4 Å². The highest BCUT2D eigenvalue weighted by Crippen LogP contribution is 2.26. The SMILES string of the molecule is CNC(C(=O)N[C@H]1CCCC[C@H]1C(=O)N[C@@H](C=O)CCCN=C(N)N)c1ccccc1. The van der Waals surface area contributed by atoms with E-state index in [0.29, 0.717) is 25.8 Å². The number of aldehydes is 1. The first-order valence-electron chi connectivity index (χ1n) is 10.8. The molecule has 1 aromatic rings. The molecule has 0 saturated heterocycles. The Morgan fingerprint density at radius 2 is 1.90 bits per heavy atom. The summed E-state index contributed by atoms with van der Waals surface area (Å²) in [5.41, 5.74) is 11.4. The fourth-order valence-corrected chi connectivity index (χ4v) is 3.96. The third-order valence-corrected chi connectivity index (χ3v) is 5.57. The van der Waals surface area contributed by atoms with Gasteiger partial charge in [0.05, 0.1) is 12.0 Å². The van der Waals surface area contributed by atoms with Crippen molar-refractivity contribution in [2.24, 2.45) is 22.4 Å². The predicted molar refractivity (Wildman–Crippen MR) is 120 cm³/mol. The van der Waals surface area contributed by atoms with Crippen LogP contribution >= 0.6 is 0 Å². The molecule has 9 nitrogen and oxygen atoms in total. The minimum absolute atomic E-state index is 0.00264. The number of nitrogens with one attached hydrogen (secondary N) is 3. The van der Waals surface area contributed by atoms with E-state index in [1.807, 2.05) is 30.3 Å². The summed E-state index contributed by atoms with van der Waals surface area (Å²) in [4.78, 5) is 41.1. The molecule has 7 N–H and O–H groups in total. The van der Waals surface area contributed by atoms with Crippen molar-refractivity contribution in [3.05, 3.63) is 35.9 Å². The Morgan fingerprint density at radius 1 is 1.19 bits per heavy atom. The molecule has 2 rings (SSSR count). The summed E-state index contributed by atoms with van der Waals surface area (Å²) >= 11 is 0. The Hall–Kier alpha value is -2.94. The summed E-state index contributed by atoms with van der Waals surface area (Å²) in [5.74, 6) is -0.735. The maximum Gasteiger partial charge on any atom is 0.241 e. The highest BCUT2D eigenvalue weighted by Gasteiger charge is 2.34. The molecular formula is C22H34N6O3. The molecule has 0 spiro atoms. The van der Waals surface area contributed by atoms with Gasteiger partial charge in [-0.2, -0.15) is 0 Å². The molecular weight excluding hydrogens is 396 g/mol. The second-order valence-electron chi connectivity index (χ2n) is 7.84. The van der Waals surface area contributed by atoms with Crippen LogP contribution in [0.25, 0.3) is 0 Å². The quantitative estimate of drug-likeness (QED) is 0.148. The maximum atomic E-state index is 12.9. The molecule has 0 aromatic heterocycles. The second-order valence-corrected chi connectivity index (χ2v) is 7.84. The van der Waals surface area contributed by atoms with Crippen LogP contribution in [0.4, 0.5) is 0 Å². The number of carbonyl (C=O) groups excluding carboxylic acids is 3. The molecule has 31 heavy (non-hydrogen) atoms. The smallest absolute Gasteiger partial charge is 0.241 e. The molecule has 0 radical (unpaired) electrons. The van der Waals surface area contributed by atoms with Crippen molar-refractivity contribution >= 4 is 24.1 Å². The van der Waals surface area contributed by atoms with E-state index in [0.717, 1.165) is 31.1 Å². The standard InChI is InChI=1S/C22H34N6O3/c1-25-19(15-8-3-2-4-9-15)21(31)28-18-12-6-5-11-17(18)20(30)27-16(14-29)10-7-13-26-22(23)24/h2-4,8-9,14,16-19,25H,5-7,10-13H2,1H3,(H,27,30)(H,28,31)(H4,23,24,26)/t16-,17-,18+,19?/m1/s1. The number of hydrogen-bond acceptors (Lipinski definition) is 5. The topological polar surface area (TPSA) is 152 Å². The molecule has 0 aliphatic heterocycles. The molecule has 1 aliphatic carbocycles. The Balaban J connectivity index is 1.97. The van der Waals surface area contributed by atoms with Crippen LogP contribution in [-0.2, 0) is 14.4 Å². The lowest BCUT2D eigenvalue weighted by atomic mass is 9.83. The van der Waals surface area contributed by atoms with Gasteiger partial charge in [-0.1, -0.05) is 43.2 Å². The molecule has 170 valence electrons. The van der Waals surface area contributed by atoms with Gasteiger partial charge in [0.25, 0.3) is 0 Å². The van der Waals surface area contributed by atoms with Crippen molar-refractivity contribution < 1.29 is 14.4 Å². The number of guanidine groups is 1. The molecule has 0 heterocycles. The largest absolute Gasteiger partial charge is 0.370 e. The predicted octanol–water partition coefficient (Wildman–Crippen LogP) is 0.359. The fourth-order valence-electron chi connectivity index (χ4n) is 3.96. The monoisotopic (exact) mass is 430 g/mol. The van der Waals surface area contributed by atoms with Crippen LogP contribution in [0.1, 0.15) is 50.1 Å². The van der Waals surface area contributed by atoms with Crippen molar-refractivity contribution in [2.75, 3.05) is 13.6 Å². The van der Waals surface area contributed by atoms with Gasteiger partial charge in [0, 0.05) is 12.6 Å². The Bertz CT molecular complexity index is 751. The molecule has 1 aliphatic rings. The van der Waals surface area contributed by atoms with Gasteiger partial charge in [-0.05, 0) is 38.3 Å². The van der Waals surface area contributed by atoms with E-state index in [1.54, 1.807) is 7.05 Å². The molecule has 4 atom stereocenters. The first kappa shape index (κ1) is 24.3. The number of amides is 2. The van der Waals surface area contributed by atoms with E-state index < -0.39 is 12.1 Å². The Labute approximate surface area is 183 Å². The van der Waals surface area contributed by atoms with Crippen LogP contribution in [-0.4, -0.2) is 49.7 Å². The van der Waals surface area contributed by atoms with Crippen molar-refractivity contribution in [3.8, 4) is 0 Å². The van der Waals surface area contributed by atoms with E-state index in [-0.39, 0.29) is 29.7 Å². The fraction of sp³-hybridized carbons (Fsp3) is 0.545. The number of aliphatic imine (C=N–C) groups is 1. The van der Waals surface area contributed by atoms with E-state index in [9.17, 15) is 14.4 Å². The van der Waals surface area contributed by atoms with Gasteiger partial charge in [0.15, 0.2) is 5.96 Å². The van der Waals surface area contributed by atoms with Crippen molar-refractivity contribution in [2.45, 2.75) is 56.7 Å². The van der Waals surface area contributed by atoms with Gasteiger partial charge in [-0.25, -0.2) is 0 Å². The lowest BCUT2D eigenvalue weighted by Crippen LogP contribution is -2.52. The minimum atomic E-state index is -0.602. The number of nitrogens with two attached hydrogens (primary N) is 2. The molecule has 1 fully saturated rings. The lowest BCUT2D eigenvalue weighted by Gasteiger charge is -2.33. The van der Waals surface area contributed by atoms with Gasteiger partial charge < -0.3 is 32.2 Å². The lowest BCUT2D eigenvalue weighted by molar-refractivity contribution is -0.131. The molecule has 1 saturated carbocycles. The Kier molecular flexibility index (Phi) is 9.96. The van der Waals surface area contributed by atoms with Crippen LogP contribution in [0.2, 0.25) is 0 Å². The minimum Gasteiger partial charge on any atom is -0.370 e. The maximum absolute atomic E-state index is 12.9. The average molecular weight is 431 g/mol. The van der Waals surface area contributed by atoms with E-state index >= 15 is 0 Å². The van der Waals surface area contributed by atoms with Gasteiger partial charge in [0.1, 0.15) is 12.3 Å². The third-order valence-electron chi connectivity index (χ3n) is 5.57.